The lowest BCUT2D eigenvalue weighted by Gasteiger charge is -2.34. The van der Waals surface area contributed by atoms with Crippen LogP contribution in [-0.4, -0.2) is 77.6 Å². The smallest absolute Gasteiger partial charge is 0.409 e. The van der Waals surface area contributed by atoms with Gasteiger partial charge < -0.3 is 19.4 Å². The van der Waals surface area contributed by atoms with E-state index in [0.29, 0.717) is 57.5 Å². The van der Waals surface area contributed by atoms with E-state index in [-0.39, 0.29) is 12.0 Å². The Morgan fingerprint density at radius 3 is 2.32 bits per heavy atom. The highest BCUT2D eigenvalue weighted by Gasteiger charge is 2.24. The molecule has 25 heavy (non-hydrogen) atoms. The molecule has 1 aromatic rings. The summed E-state index contributed by atoms with van der Waals surface area (Å²) in [6.07, 6.45) is -0.287. The molecule has 0 aliphatic carbocycles. The minimum absolute atomic E-state index is 0.0816. The predicted molar refractivity (Wildman–Crippen MR) is 94.8 cm³/mol. The standard InChI is InChI=1S/C17H27N5O3/c1-5-20(6-2)15(23)14-12-13(4)18-16(19-14)21-8-10-22(11-9-21)17(24)25-7-3/h12H,5-11H2,1-4H3. The number of carbonyl (C=O) groups is 2. The molecule has 1 aliphatic heterocycles. The molecule has 2 rings (SSSR count). The second-order valence-electron chi connectivity index (χ2n) is 5.85. The van der Waals surface area contributed by atoms with Gasteiger partial charge in [-0.05, 0) is 33.8 Å². The molecule has 0 radical (unpaired) electrons. The van der Waals surface area contributed by atoms with Crippen molar-refractivity contribution in [3.8, 4) is 0 Å². The molecule has 138 valence electrons. The maximum Gasteiger partial charge on any atom is 0.409 e. The number of piperazine rings is 1. The number of anilines is 1. The minimum atomic E-state index is -0.287. The molecule has 1 fully saturated rings. The Kier molecular flexibility index (Phi) is 6.55. The molecular weight excluding hydrogens is 322 g/mol. The highest BCUT2D eigenvalue weighted by atomic mass is 16.6. The average molecular weight is 349 g/mol. The summed E-state index contributed by atoms with van der Waals surface area (Å²) < 4.78 is 5.03. The van der Waals surface area contributed by atoms with E-state index in [4.69, 9.17) is 4.74 Å². The first-order valence-electron chi connectivity index (χ1n) is 8.81. The van der Waals surface area contributed by atoms with Crippen molar-refractivity contribution in [1.82, 2.24) is 19.8 Å². The number of nitrogens with zero attached hydrogens (tertiary/aromatic N) is 5. The summed E-state index contributed by atoms with van der Waals surface area (Å²) in [5.41, 5.74) is 1.17. The maximum atomic E-state index is 12.6. The number of ether oxygens (including phenoxy) is 1. The Bertz CT molecular complexity index is 610. The van der Waals surface area contributed by atoms with Crippen LogP contribution in [0.3, 0.4) is 0 Å². The number of rotatable bonds is 5. The van der Waals surface area contributed by atoms with E-state index in [1.807, 2.05) is 25.7 Å². The first-order valence-corrected chi connectivity index (χ1v) is 8.81. The fourth-order valence-corrected chi connectivity index (χ4v) is 2.78. The van der Waals surface area contributed by atoms with E-state index < -0.39 is 0 Å². The second-order valence-corrected chi connectivity index (χ2v) is 5.85. The van der Waals surface area contributed by atoms with E-state index >= 15 is 0 Å². The van der Waals surface area contributed by atoms with Crippen molar-refractivity contribution >= 4 is 17.9 Å². The van der Waals surface area contributed by atoms with Crippen molar-refractivity contribution in [3.05, 3.63) is 17.5 Å². The lowest BCUT2D eigenvalue weighted by atomic mass is 10.3. The molecule has 0 aromatic carbocycles. The molecule has 1 saturated heterocycles. The van der Waals surface area contributed by atoms with Crippen LogP contribution in [0.4, 0.5) is 10.7 Å². The zero-order valence-electron chi connectivity index (χ0n) is 15.5. The van der Waals surface area contributed by atoms with E-state index in [1.54, 1.807) is 22.8 Å². The van der Waals surface area contributed by atoms with Gasteiger partial charge in [-0.2, -0.15) is 0 Å². The number of aryl methyl sites for hydroxylation is 1. The van der Waals surface area contributed by atoms with Gasteiger partial charge in [-0.1, -0.05) is 0 Å². The van der Waals surface area contributed by atoms with E-state index in [0.717, 1.165) is 5.69 Å². The van der Waals surface area contributed by atoms with Crippen LogP contribution in [0.1, 0.15) is 37.0 Å². The Morgan fingerprint density at radius 2 is 1.76 bits per heavy atom. The van der Waals surface area contributed by atoms with Gasteiger partial charge in [-0.3, -0.25) is 4.79 Å². The van der Waals surface area contributed by atoms with Crippen molar-refractivity contribution in [2.45, 2.75) is 27.7 Å². The van der Waals surface area contributed by atoms with Crippen molar-refractivity contribution in [2.24, 2.45) is 0 Å². The Morgan fingerprint density at radius 1 is 1.12 bits per heavy atom. The van der Waals surface area contributed by atoms with Gasteiger partial charge in [0.2, 0.25) is 5.95 Å². The van der Waals surface area contributed by atoms with Crippen molar-refractivity contribution in [2.75, 3.05) is 50.8 Å². The molecule has 0 atom stereocenters. The molecule has 2 amide bonds. The molecular formula is C17H27N5O3. The first-order chi connectivity index (χ1) is 12.0. The van der Waals surface area contributed by atoms with Crippen LogP contribution in [0.2, 0.25) is 0 Å². The quantitative estimate of drug-likeness (QED) is 0.802. The second kappa shape index (κ2) is 8.64. The van der Waals surface area contributed by atoms with Crippen LogP contribution in [0.15, 0.2) is 6.07 Å². The van der Waals surface area contributed by atoms with E-state index in [1.165, 1.54) is 0 Å². The number of hydrogen-bond acceptors (Lipinski definition) is 6. The molecule has 0 unspecified atom stereocenters. The third-order valence-electron chi connectivity index (χ3n) is 4.20. The largest absolute Gasteiger partial charge is 0.450 e. The zero-order valence-corrected chi connectivity index (χ0v) is 15.5. The highest BCUT2D eigenvalue weighted by Crippen LogP contribution is 2.15. The lowest BCUT2D eigenvalue weighted by Crippen LogP contribution is -2.49. The van der Waals surface area contributed by atoms with Gasteiger partial charge in [0, 0.05) is 45.0 Å². The van der Waals surface area contributed by atoms with Crippen LogP contribution < -0.4 is 4.90 Å². The van der Waals surface area contributed by atoms with Gasteiger partial charge in [0.05, 0.1) is 6.61 Å². The third kappa shape index (κ3) is 4.58. The van der Waals surface area contributed by atoms with Crippen LogP contribution in [0.25, 0.3) is 0 Å². The molecule has 0 saturated carbocycles. The number of amides is 2. The predicted octanol–water partition coefficient (Wildman–Crippen LogP) is 1.55. The van der Waals surface area contributed by atoms with Crippen molar-refractivity contribution in [3.63, 3.8) is 0 Å². The molecule has 0 N–H and O–H groups in total. The van der Waals surface area contributed by atoms with Gasteiger partial charge in [-0.25, -0.2) is 14.8 Å². The van der Waals surface area contributed by atoms with Gasteiger partial charge in [0.25, 0.3) is 5.91 Å². The summed E-state index contributed by atoms with van der Waals surface area (Å²) in [6, 6.07) is 1.72. The van der Waals surface area contributed by atoms with Gasteiger partial charge in [0.15, 0.2) is 0 Å². The van der Waals surface area contributed by atoms with Crippen molar-refractivity contribution in [1.29, 1.82) is 0 Å². The van der Waals surface area contributed by atoms with Gasteiger partial charge >= 0.3 is 6.09 Å². The number of aromatic nitrogens is 2. The van der Waals surface area contributed by atoms with Crippen LogP contribution in [0, 0.1) is 6.92 Å². The SMILES string of the molecule is CCOC(=O)N1CCN(c2nc(C)cc(C(=O)N(CC)CC)n2)CC1. The summed E-state index contributed by atoms with van der Waals surface area (Å²) in [5.74, 6) is 0.459. The fraction of sp³-hybridized carbons (Fsp3) is 0.647. The summed E-state index contributed by atoms with van der Waals surface area (Å²) in [7, 11) is 0. The molecule has 8 nitrogen and oxygen atoms in total. The minimum Gasteiger partial charge on any atom is -0.450 e. The van der Waals surface area contributed by atoms with Crippen LogP contribution in [-0.2, 0) is 4.74 Å². The normalized spacial score (nSPS) is 14.4. The third-order valence-corrected chi connectivity index (χ3v) is 4.20. The summed E-state index contributed by atoms with van der Waals surface area (Å²) in [4.78, 5) is 38.7. The van der Waals surface area contributed by atoms with Crippen LogP contribution in [0.5, 0.6) is 0 Å². The molecule has 0 bridgehead atoms. The molecule has 0 spiro atoms. The fourth-order valence-electron chi connectivity index (χ4n) is 2.78. The molecule has 1 aromatic heterocycles. The summed E-state index contributed by atoms with van der Waals surface area (Å²) >= 11 is 0. The first kappa shape index (κ1) is 19.0. The molecule has 2 heterocycles. The zero-order chi connectivity index (χ0) is 18.4. The van der Waals surface area contributed by atoms with Gasteiger partial charge in [0.1, 0.15) is 5.69 Å². The van der Waals surface area contributed by atoms with Crippen molar-refractivity contribution < 1.29 is 14.3 Å². The van der Waals surface area contributed by atoms with E-state index in [2.05, 4.69) is 9.97 Å². The maximum absolute atomic E-state index is 12.6. The lowest BCUT2D eigenvalue weighted by molar-refractivity contribution is 0.0767. The Labute approximate surface area is 148 Å². The monoisotopic (exact) mass is 349 g/mol. The molecule has 8 heteroatoms. The summed E-state index contributed by atoms with van der Waals surface area (Å²) in [5, 5.41) is 0. The van der Waals surface area contributed by atoms with E-state index in [9.17, 15) is 9.59 Å². The summed E-state index contributed by atoms with van der Waals surface area (Å²) in [6.45, 7) is 11.5. The number of hydrogen-bond donors (Lipinski definition) is 0. The average Bonchev–Trinajstić information content (AvgIpc) is 2.62. The molecule has 1 aliphatic rings. The topological polar surface area (TPSA) is 78.9 Å². The highest BCUT2D eigenvalue weighted by molar-refractivity contribution is 5.92. The Hall–Kier alpha value is -2.38. The number of carbonyl (C=O) groups excluding carboxylic acids is 2. The van der Waals surface area contributed by atoms with Gasteiger partial charge in [-0.15, -0.1) is 0 Å². The van der Waals surface area contributed by atoms with Crippen LogP contribution >= 0.6 is 0 Å². The Balaban J connectivity index is 2.11.